The zero-order chi connectivity index (χ0) is 20.3. The van der Waals surface area contributed by atoms with E-state index in [0.717, 1.165) is 16.8 Å². The Bertz CT molecular complexity index is 1190. The Kier molecular flexibility index (Phi) is 3.65. The maximum atomic E-state index is 13.8. The number of carbonyl (C=O) groups is 2. The van der Waals surface area contributed by atoms with E-state index in [9.17, 15) is 14.0 Å². The summed E-state index contributed by atoms with van der Waals surface area (Å²) in [6.45, 7) is 4.40. The van der Waals surface area contributed by atoms with Gasteiger partial charge in [0.25, 0.3) is 0 Å². The highest BCUT2D eigenvalue weighted by Gasteiger charge is 2.57. The van der Waals surface area contributed by atoms with Crippen LogP contribution in [0.2, 0.25) is 0 Å². The van der Waals surface area contributed by atoms with E-state index in [4.69, 9.17) is 0 Å². The second-order valence-corrected chi connectivity index (χ2v) is 7.45. The molecule has 2 amide bonds. The normalized spacial score (nSPS) is 20.0. The lowest BCUT2D eigenvalue weighted by Gasteiger charge is -2.32. The maximum absolute atomic E-state index is 13.8. The van der Waals surface area contributed by atoms with Gasteiger partial charge in [0.1, 0.15) is 17.1 Å². The fraction of sp³-hybridized carbons (Fsp3) is 0.227. The van der Waals surface area contributed by atoms with Crippen LogP contribution in [-0.4, -0.2) is 28.1 Å². The number of rotatable bonds is 2. The molecule has 1 atom stereocenters. The first-order valence-electron chi connectivity index (χ1n) is 9.53. The molecular weight excluding hydrogens is 371 g/mol. The van der Waals surface area contributed by atoms with Gasteiger partial charge in [-0.2, -0.15) is 5.10 Å². The van der Waals surface area contributed by atoms with E-state index in [1.54, 1.807) is 23.2 Å². The van der Waals surface area contributed by atoms with E-state index >= 15 is 0 Å². The summed E-state index contributed by atoms with van der Waals surface area (Å²) < 4.78 is 15.3. The molecule has 0 radical (unpaired) electrons. The molecule has 2 aliphatic rings. The quantitative estimate of drug-likeness (QED) is 0.730. The number of benzene rings is 2. The fourth-order valence-corrected chi connectivity index (χ4v) is 4.64. The van der Waals surface area contributed by atoms with Gasteiger partial charge in [0.2, 0.25) is 11.8 Å². The molecular formula is C22H19FN4O2. The van der Waals surface area contributed by atoms with Gasteiger partial charge < -0.3 is 10.2 Å². The highest BCUT2D eigenvalue weighted by Crippen LogP contribution is 2.53. The molecule has 146 valence electrons. The van der Waals surface area contributed by atoms with Gasteiger partial charge in [-0.3, -0.25) is 9.59 Å². The molecule has 1 N–H and O–H groups in total. The van der Waals surface area contributed by atoms with Gasteiger partial charge >= 0.3 is 0 Å². The molecule has 7 heteroatoms. The first-order chi connectivity index (χ1) is 14.0. The molecule has 1 spiro atoms. The molecule has 1 aromatic heterocycles. The van der Waals surface area contributed by atoms with Crippen LogP contribution < -0.4 is 10.2 Å². The number of nitrogens with one attached hydrogen (secondary N) is 1. The lowest BCUT2D eigenvalue weighted by Crippen LogP contribution is -2.46. The van der Waals surface area contributed by atoms with Crippen LogP contribution in [0.25, 0.3) is 5.69 Å². The van der Waals surface area contributed by atoms with Gasteiger partial charge in [0, 0.05) is 18.5 Å². The molecule has 0 unspecified atom stereocenters. The van der Waals surface area contributed by atoms with Crippen LogP contribution in [0.3, 0.4) is 0 Å². The third-order valence-corrected chi connectivity index (χ3v) is 5.86. The van der Waals surface area contributed by atoms with Crippen molar-refractivity contribution < 1.29 is 14.0 Å². The fourth-order valence-electron chi connectivity index (χ4n) is 4.64. The summed E-state index contributed by atoms with van der Waals surface area (Å²) in [5, 5.41) is 7.25. The predicted octanol–water partition coefficient (Wildman–Crippen LogP) is 3.31. The number of hydrogen-bond acceptors (Lipinski definition) is 3. The molecule has 0 fully saturated rings. The summed E-state index contributed by atoms with van der Waals surface area (Å²) in [6.07, 6.45) is 1.63. The summed E-state index contributed by atoms with van der Waals surface area (Å²) in [7, 11) is 0. The number of halogens is 1. The Hall–Kier alpha value is -3.48. The van der Waals surface area contributed by atoms with Gasteiger partial charge in [-0.25, -0.2) is 9.07 Å². The van der Waals surface area contributed by atoms with E-state index in [2.05, 4.69) is 10.4 Å². The smallest absolute Gasteiger partial charge is 0.242 e. The Labute approximate surface area is 166 Å². The molecule has 0 saturated carbocycles. The van der Waals surface area contributed by atoms with E-state index in [1.165, 1.54) is 16.8 Å². The van der Waals surface area contributed by atoms with Crippen molar-refractivity contribution >= 4 is 23.3 Å². The van der Waals surface area contributed by atoms with Crippen molar-refractivity contribution in [3.05, 3.63) is 71.2 Å². The minimum absolute atomic E-state index is 0.0145. The Morgan fingerprint density at radius 2 is 1.97 bits per heavy atom. The van der Waals surface area contributed by atoms with Gasteiger partial charge in [-0.15, -0.1) is 0 Å². The minimum atomic E-state index is -1.12. The number of likely N-dealkylation sites (N-methyl/N-ethyl adjacent to an activating group) is 1. The summed E-state index contributed by atoms with van der Waals surface area (Å²) in [6, 6.07) is 11.8. The molecule has 2 aromatic carbocycles. The SMILES string of the molecule is CCN1C(=O)[C@]2(CC(=O)Nc3c2cnn3-c2cccc(F)c2)c2cccc(C)c21. The minimum Gasteiger partial charge on any atom is -0.311 e. The van der Waals surface area contributed by atoms with Crippen molar-refractivity contribution in [1.29, 1.82) is 0 Å². The predicted molar refractivity (Wildman–Crippen MR) is 107 cm³/mol. The lowest BCUT2D eigenvalue weighted by atomic mass is 9.71. The summed E-state index contributed by atoms with van der Waals surface area (Å²) >= 11 is 0. The molecule has 0 bridgehead atoms. The van der Waals surface area contributed by atoms with Gasteiger partial charge in [0.05, 0.1) is 17.6 Å². The molecule has 3 aromatic rings. The highest BCUT2D eigenvalue weighted by molar-refractivity contribution is 6.16. The van der Waals surface area contributed by atoms with Gasteiger partial charge in [0.15, 0.2) is 0 Å². The summed E-state index contributed by atoms with van der Waals surface area (Å²) in [5.41, 5.74) is 2.65. The molecule has 5 rings (SSSR count). The standard InChI is InChI=1S/C22H19FN4O2/c1-3-26-19-13(2)6-4-9-16(19)22(21(26)29)11-18(28)25-20-17(22)12-24-27(20)15-8-5-7-14(23)10-15/h4-10,12H,3,11H2,1-2H3,(H,25,28)/t22-/m1/s1. The molecule has 3 heterocycles. The van der Waals surface area contributed by atoms with Gasteiger partial charge in [-0.1, -0.05) is 24.3 Å². The molecule has 2 aliphatic heterocycles. The van der Waals surface area contributed by atoms with E-state index in [-0.39, 0.29) is 18.2 Å². The van der Waals surface area contributed by atoms with Crippen LogP contribution in [0.5, 0.6) is 0 Å². The number of hydrogen-bond donors (Lipinski definition) is 1. The number of anilines is 2. The second kappa shape index (κ2) is 6.01. The molecule has 0 aliphatic carbocycles. The van der Waals surface area contributed by atoms with E-state index < -0.39 is 11.2 Å². The van der Waals surface area contributed by atoms with Crippen molar-refractivity contribution in [2.45, 2.75) is 25.7 Å². The maximum Gasteiger partial charge on any atom is 0.242 e. The average Bonchev–Trinajstić information content (AvgIpc) is 3.21. The number of amides is 2. The molecule has 29 heavy (non-hydrogen) atoms. The Morgan fingerprint density at radius 1 is 1.17 bits per heavy atom. The van der Waals surface area contributed by atoms with Crippen LogP contribution in [0.15, 0.2) is 48.7 Å². The van der Waals surface area contributed by atoms with E-state index in [0.29, 0.717) is 23.6 Å². The largest absolute Gasteiger partial charge is 0.311 e. The number of aromatic nitrogens is 2. The van der Waals surface area contributed by atoms with Crippen molar-refractivity contribution in [3.8, 4) is 5.69 Å². The Balaban J connectivity index is 1.79. The van der Waals surface area contributed by atoms with Gasteiger partial charge in [-0.05, 0) is 43.2 Å². The first kappa shape index (κ1) is 17.6. The number of fused-ring (bicyclic) bond motifs is 4. The number of nitrogens with zero attached hydrogens (tertiary/aromatic N) is 3. The zero-order valence-corrected chi connectivity index (χ0v) is 16.1. The number of para-hydroxylation sites is 1. The molecule has 0 saturated heterocycles. The third kappa shape index (κ3) is 2.24. The third-order valence-electron chi connectivity index (χ3n) is 5.86. The van der Waals surface area contributed by atoms with Crippen molar-refractivity contribution in [1.82, 2.24) is 9.78 Å². The summed E-state index contributed by atoms with van der Waals surface area (Å²) in [4.78, 5) is 28.2. The van der Waals surface area contributed by atoms with Crippen molar-refractivity contribution in [3.63, 3.8) is 0 Å². The summed E-state index contributed by atoms with van der Waals surface area (Å²) in [5.74, 6) is -0.391. The number of aryl methyl sites for hydroxylation is 1. The average molecular weight is 390 g/mol. The van der Waals surface area contributed by atoms with Crippen LogP contribution in [0, 0.1) is 12.7 Å². The monoisotopic (exact) mass is 390 g/mol. The van der Waals surface area contributed by atoms with Crippen molar-refractivity contribution in [2.24, 2.45) is 0 Å². The highest BCUT2D eigenvalue weighted by atomic mass is 19.1. The van der Waals surface area contributed by atoms with Crippen LogP contribution in [0.4, 0.5) is 15.9 Å². The molecule has 6 nitrogen and oxygen atoms in total. The first-order valence-corrected chi connectivity index (χ1v) is 9.53. The van der Waals surface area contributed by atoms with Crippen LogP contribution in [0.1, 0.15) is 30.0 Å². The Morgan fingerprint density at radius 3 is 2.72 bits per heavy atom. The van der Waals surface area contributed by atoms with Crippen LogP contribution >= 0.6 is 0 Å². The topological polar surface area (TPSA) is 67.2 Å². The number of carbonyl (C=O) groups excluding carboxylic acids is 2. The zero-order valence-electron chi connectivity index (χ0n) is 16.1. The van der Waals surface area contributed by atoms with Crippen molar-refractivity contribution in [2.75, 3.05) is 16.8 Å². The second-order valence-electron chi connectivity index (χ2n) is 7.45. The van der Waals surface area contributed by atoms with E-state index in [1.807, 2.05) is 32.0 Å². The lowest BCUT2D eigenvalue weighted by molar-refractivity contribution is -0.126. The van der Waals surface area contributed by atoms with Crippen LogP contribution in [-0.2, 0) is 15.0 Å².